The molecule has 0 aliphatic heterocycles. The lowest BCUT2D eigenvalue weighted by molar-refractivity contribution is 0.512. The molecule has 5 heteroatoms. The standard InChI is InChI=1S/C14H28N4S/c1-5-8-18-14(16-11-17-18)9-13(15-7-3)10-19-12(4)6-2/h11-13,15H,5-10H2,1-4H3. The van der Waals surface area contributed by atoms with Crippen molar-refractivity contribution < 1.29 is 0 Å². The molecule has 0 aliphatic carbocycles. The summed E-state index contributed by atoms with van der Waals surface area (Å²) < 4.78 is 2.04. The van der Waals surface area contributed by atoms with E-state index in [2.05, 4.69) is 43.1 Å². The molecule has 0 amide bonds. The van der Waals surface area contributed by atoms with Gasteiger partial charge in [-0.2, -0.15) is 16.9 Å². The van der Waals surface area contributed by atoms with Crippen molar-refractivity contribution in [3.05, 3.63) is 12.2 Å². The van der Waals surface area contributed by atoms with Crippen LogP contribution in [0.1, 0.15) is 46.4 Å². The fraction of sp³-hybridized carbons (Fsp3) is 0.857. The number of hydrogen-bond donors (Lipinski definition) is 1. The molecule has 0 aromatic carbocycles. The molecule has 19 heavy (non-hydrogen) atoms. The van der Waals surface area contributed by atoms with Gasteiger partial charge >= 0.3 is 0 Å². The second-order valence-corrected chi connectivity index (χ2v) is 6.38. The van der Waals surface area contributed by atoms with Crippen LogP contribution in [-0.2, 0) is 13.0 Å². The minimum Gasteiger partial charge on any atom is -0.313 e. The van der Waals surface area contributed by atoms with Gasteiger partial charge in [0.1, 0.15) is 12.2 Å². The number of hydrogen-bond acceptors (Lipinski definition) is 4. The second kappa shape index (κ2) is 9.37. The van der Waals surface area contributed by atoms with Crippen LogP contribution in [0.4, 0.5) is 0 Å². The highest BCUT2D eigenvalue weighted by atomic mass is 32.2. The van der Waals surface area contributed by atoms with Gasteiger partial charge in [0.2, 0.25) is 0 Å². The molecule has 4 nitrogen and oxygen atoms in total. The lowest BCUT2D eigenvalue weighted by atomic mass is 10.2. The lowest BCUT2D eigenvalue weighted by Crippen LogP contribution is -2.34. The topological polar surface area (TPSA) is 42.7 Å². The van der Waals surface area contributed by atoms with E-state index in [4.69, 9.17) is 0 Å². The first kappa shape index (κ1) is 16.5. The number of nitrogens with zero attached hydrogens (tertiary/aromatic N) is 3. The van der Waals surface area contributed by atoms with E-state index in [-0.39, 0.29) is 0 Å². The molecule has 0 spiro atoms. The van der Waals surface area contributed by atoms with Crippen molar-refractivity contribution in [2.24, 2.45) is 0 Å². The molecule has 1 rings (SSSR count). The van der Waals surface area contributed by atoms with E-state index in [1.807, 2.05) is 16.4 Å². The summed E-state index contributed by atoms with van der Waals surface area (Å²) in [5, 5.41) is 8.60. The SMILES string of the molecule is CCCn1ncnc1CC(CSC(C)CC)NCC. The first-order chi connectivity index (χ1) is 9.21. The van der Waals surface area contributed by atoms with Crippen LogP contribution in [0.5, 0.6) is 0 Å². The van der Waals surface area contributed by atoms with Crippen LogP contribution in [0.25, 0.3) is 0 Å². The number of likely N-dealkylation sites (N-methyl/N-ethyl adjacent to an activating group) is 1. The molecule has 0 aliphatic rings. The minimum atomic E-state index is 0.490. The van der Waals surface area contributed by atoms with Crippen molar-refractivity contribution in [3.8, 4) is 0 Å². The highest BCUT2D eigenvalue weighted by Gasteiger charge is 2.14. The molecular formula is C14H28N4S. The van der Waals surface area contributed by atoms with Crippen molar-refractivity contribution in [1.82, 2.24) is 20.1 Å². The minimum absolute atomic E-state index is 0.490. The summed E-state index contributed by atoms with van der Waals surface area (Å²) in [5.74, 6) is 2.25. The molecule has 0 fully saturated rings. The zero-order valence-corrected chi connectivity index (χ0v) is 13.5. The quantitative estimate of drug-likeness (QED) is 0.717. The predicted molar refractivity (Wildman–Crippen MR) is 83.7 cm³/mol. The van der Waals surface area contributed by atoms with Crippen LogP contribution in [0.2, 0.25) is 0 Å². The third-order valence-corrected chi connectivity index (χ3v) is 4.71. The lowest BCUT2D eigenvalue weighted by Gasteiger charge is -2.19. The molecule has 0 saturated carbocycles. The van der Waals surface area contributed by atoms with E-state index >= 15 is 0 Å². The summed E-state index contributed by atoms with van der Waals surface area (Å²) in [6.45, 7) is 10.9. The fourth-order valence-corrected chi connectivity index (χ4v) is 2.97. The highest BCUT2D eigenvalue weighted by Crippen LogP contribution is 2.16. The van der Waals surface area contributed by atoms with Crippen LogP contribution in [0.15, 0.2) is 6.33 Å². The summed E-state index contributed by atoms with van der Waals surface area (Å²) >= 11 is 2.05. The Hall–Kier alpha value is -0.550. The zero-order valence-electron chi connectivity index (χ0n) is 12.7. The van der Waals surface area contributed by atoms with Crippen molar-refractivity contribution in [1.29, 1.82) is 0 Å². The van der Waals surface area contributed by atoms with Crippen molar-refractivity contribution in [2.75, 3.05) is 12.3 Å². The third kappa shape index (κ3) is 5.95. The molecule has 0 bridgehead atoms. The van der Waals surface area contributed by atoms with Gasteiger partial charge in [0.05, 0.1) is 0 Å². The third-order valence-electron chi connectivity index (χ3n) is 3.21. The smallest absolute Gasteiger partial charge is 0.138 e. The monoisotopic (exact) mass is 284 g/mol. The molecule has 1 aromatic rings. The first-order valence-corrected chi connectivity index (χ1v) is 8.47. The Bertz CT molecular complexity index is 340. The molecule has 0 saturated heterocycles. The van der Waals surface area contributed by atoms with E-state index in [0.717, 1.165) is 42.8 Å². The largest absolute Gasteiger partial charge is 0.313 e. The summed E-state index contributed by atoms with van der Waals surface area (Å²) in [5.41, 5.74) is 0. The number of aryl methyl sites for hydroxylation is 1. The summed E-state index contributed by atoms with van der Waals surface area (Å²) in [7, 11) is 0. The molecule has 2 unspecified atom stereocenters. The molecule has 1 N–H and O–H groups in total. The van der Waals surface area contributed by atoms with Crippen molar-refractivity contribution in [3.63, 3.8) is 0 Å². The highest BCUT2D eigenvalue weighted by molar-refractivity contribution is 7.99. The summed E-state index contributed by atoms with van der Waals surface area (Å²) in [6, 6.07) is 0.490. The predicted octanol–water partition coefficient (Wildman–Crippen LogP) is 2.74. The van der Waals surface area contributed by atoms with Crippen LogP contribution in [0, 0.1) is 0 Å². The Balaban J connectivity index is 2.53. The number of aromatic nitrogens is 3. The van der Waals surface area contributed by atoms with Crippen LogP contribution in [0.3, 0.4) is 0 Å². The van der Waals surface area contributed by atoms with E-state index in [1.54, 1.807) is 6.33 Å². The van der Waals surface area contributed by atoms with E-state index in [0.29, 0.717) is 6.04 Å². The van der Waals surface area contributed by atoms with Crippen LogP contribution in [-0.4, -0.2) is 38.4 Å². The Kier molecular flexibility index (Phi) is 8.14. The number of nitrogens with one attached hydrogen (secondary N) is 1. The van der Waals surface area contributed by atoms with Crippen LogP contribution < -0.4 is 5.32 Å². The van der Waals surface area contributed by atoms with Crippen molar-refractivity contribution >= 4 is 11.8 Å². The van der Waals surface area contributed by atoms with E-state index in [1.165, 1.54) is 6.42 Å². The maximum Gasteiger partial charge on any atom is 0.138 e. The Labute approximate surface area is 121 Å². The summed E-state index contributed by atoms with van der Waals surface area (Å²) in [6.07, 6.45) is 4.98. The molecule has 2 atom stereocenters. The molecular weight excluding hydrogens is 256 g/mol. The average molecular weight is 284 g/mol. The maximum absolute atomic E-state index is 4.41. The van der Waals surface area contributed by atoms with Gasteiger partial charge in [0.25, 0.3) is 0 Å². The second-order valence-electron chi connectivity index (χ2n) is 4.91. The fourth-order valence-electron chi connectivity index (χ4n) is 1.94. The van der Waals surface area contributed by atoms with Gasteiger partial charge in [-0.15, -0.1) is 0 Å². The first-order valence-electron chi connectivity index (χ1n) is 7.42. The van der Waals surface area contributed by atoms with Gasteiger partial charge in [0, 0.05) is 30.0 Å². The van der Waals surface area contributed by atoms with Gasteiger partial charge in [-0.1, -0.05) is 27.7 Å². The van der Waals surface area contributed by atoms with Gasteiger partial charge in [-0.3, -0.25) is 4.68 Å². The molecule has 110 valence electrons. The maximum atomic E-state index is 4.41. The van der Waals surface area contributed by atoms with Crippen molar-refractivity contribution in [2.45, 2.75) is 64.8 Å². The number of rotatable bonds is 10. The summed E-state index contributed by atoms with van der Waals surface area (Å²) in [4.78, 5) is 4.41. The average Bonchev–Trinajstić information content (AvgIpc) is 2.83. The Morgan fingerprint density at radius 2 is 2.16 bits per heavy atom. The van der Waals surface area contributed by atoms with E-state index in [9.17, 15) is 0 Å². The Morgan fingerprint density at radius 3 is 2.79 bits per heavy atom. The van der Waals surface area contributed by atoms with Gasteiger partial charge in [-0.05, 0) is 19.4 Å². The van der Waals surface area contributed by atoms with Gasteiger partial charge in [0.15, 0.2) is 0 Å². The normalized spacial score (nSPS) is 14.5. The van der Waals surface area contributed by atoms with Crippen LogP contribution >= 0.6 is 11.8 Å². The number of thioether (sulfide) groups is 1. The Morgan fingerprint density at radius 1 is 1.37 bits per heavy atom. The molecule has 1 aromatic heterocycles. The van der Waals surface area contributed by atoms with E-state index < -0.39 is 0 Å². The van der Waals surface area contributed by atoms with Gasteiger partial charge < -0.3 is 5.32 Å². The zero-order chi connectivity index (χ0) is 14.1. The molecule has 1 heterocycles. The van der Waals surface area contributed by atoms with Gasteiger partial charge in [-0.25, -0.2) is 4.98 Å². The molecule has 0 radical (unpaired) electrons.